The van der Waals surface area contributed by atoms with Gasteiger partial charge >= 0.3 is 0 Å². The van der Waals surface area contributed by atoms with Crippen LogP contribution in [0, 0.1) is 0 Å². The van der Waals surface area contributed by atoms with Crippen molar-refractivity contribution < 1.29 is 4.79 Å². The van der Waals surface area contributed by atoms with Gasteiger partial charge in [-0.15, -0.1) is 0 Å². The fraction of sp³-hybridized carbons (Fsp3) is 0.333. The van der Waals surface area contributed by atoms with Crippen molar-refractivity contribution in [2.24, 2.45) is 7.05 Å². The van der Waals surface area contributed by atoms with Gasteiger partial charge in [-0.1, -0.05) is 25.1 Å². The van der Waals surface area contributed by atoms with Gasteiger partial charge in [-0.25, -0.2) is 0 Å². The Kier molecular flexibility index (Phi) is 3.69. The molecule has 0 saturated heterocycles. The van der Waals surface area contributed by atoms with Gasteiger partial charge in [-0.3, -0.25) is 9.59 Å². The monoisotopic (exact) mass is 258 g/mol. The Morgan fingerprint density at radius 3 is 2.74 bits per heavy atom. The fourth-order valence-electron chi connectivity index (χ4n) is 2.00. The number of fused-ring (bicyclic) bond motifs is 1. The number of hydrogen-bond donors (Lipinski definition) is 1. The van der Waals surface area contributed by atoms with Gasteiger partial charge in [0.1, 0.15) is 0 Å². The van der Waals surface area contributed by atoms with Gasteiger partial charge in [-0.2, -0.15) is 0 Å². The Balaban J connectivity index is 2.58. The van der Waals surface area contributed by atoms with Crippen molar-refractivity contribution >= 4 is 16.8 Å². The van der Waals surface area contributed by atoms with Crippen LogP contribution in [-0.2, 0) is 7.05 Å². The van der Waals surface area contributed by atoms with Crippen LogP contribution in [-0.4, -0.2) is 16.5 Å². The fourth-order valence-corrected chi connectivity index (χ4v) is 2.00. The molecule has 0 radical (unpaired) electrons. The molecule has 0 aliphatic heterocycles. The maximum absolute atomic E-state index is 12.2. The number of nitrogens with zero attached hydrogens (tertiary/aromatic N) is 1. The van der Waals surface area contributed by atoms with Gasteiger partial charge in [0.05, 0.1) is 11.1 Å². The summed E-state index contributed by atoms with van der Waals surface area (Å²) in [7, 11) is 1.71. The molecule has 1 aromatic heterocycles. The Labute approximate surface area is 112 Å². The first-order chi connectivity index (χ1) is 9.04. The number of para-hydroxylation sites is 1. The summed E-state index contributed by atoms with van der Waals surface area (Å²) in [5, 5.41) is 3.69. The molecule has 0 saturated carbocycles. The van der Waals surface area contributed by atoms with Crippen molar-refractivity contribution in [2.75, 3.05) is 0 Å². The first-order valence-corrected chi connectivity index (χ1v) is 6.44. The summed E-state index contributed by atoms with van der Waals surface area (Å²) in [6.45, 7) is 3.95. The quantitative estimate of drug-likeness (QED) is 0.916. The molecule has 19 heavy (non-hydrogen) atoms. The lowest BCUT2D eigenvalue weighted by atomic mass is 10.1. The highest BCUT2D eigenvalue weighted by Gasteiger charge is 2.14. The Bertz CT molecular complexity index is 673. The van der Waals surface area contributed by atoms with E-state index in [1.165, 1.54) is 6.07 Å². The minimum absolute atomic E-state index is 0.0929. The highest BCUT2D eigenvalue weighted by atomic mass is 16.2. The van der Waals surface area contributed by atoms with E-state index < -0.39 is 0 Å². The molecule has 2 rings (SSSR count). The molecule has 0 spiro atoms. The van der Waals surface area contributed by atoms with E-state index >= 15 is 0 Å². The topological polar surface area (TPSA) is 51.1 Å². The number of carbonyl (C=O) groups excluding carboxylic acids is 1. The lowest BCUT2D eigenvalue weighted by Gasteiger charge is -2.14. The molecular formula is C15H18N2O2. The average Bonchev–Trinajstić information content (AvgIpc) is 2.42. The molecule has 0 aliphatic rings. The Hall–Kier alpha value is -2.10. The second-order valence-electron chi connectivity index (χ2n) is 4.76. The molecule has 2 aromatic rings. The summed E-state index contributed by atoms with van der Waals surface area (Å²) in [5.41, 5.74) is 1.04. The predicted octanol–water partition coefficient (Wildman–Crippen LogP) is 2.07. The normalized spacial score (nSPS) is 12.4. The van der Waals surface area contributed by atoms with E-state index in [4.69, 9.17) is 0 Å². The summed E-state index contributed by atoms with van der Waals surface area (Å²) in [4.78, 5) is 24.1. The zero-order chi connectivity index (χ0) is 14.0. The van der Waals surface area contributed by atoms with E-state index in [0.717, 1.165) is 17.3 Å². The van der Waals surface area contributed by atoms with Crippen LogP contribution in [0.3, 0.4) is 0 Å². The molecule has 100 valence electrons. The standard InChI is InChI=1S/C15H18N2O2/c1-4-10(2)16-15(19)12-9-14(18)17(3)13-8-6-5-7-11(12)13/h5-10H,4H2,1-3H3,(H,16,19). The van der Waals surface area contributed by atoms with Crippen LogP contribution in [0.4, 0.5) is 0 Å². The lowest BCUT2D eigenvalue weighted by molar-refractivity contribution is 0.0940. The lowest BCUT2D eigenvalue weighted by Crippen LogP contribution is -2.33. The second kappa shape index (κ2) is 5.26. The number of amides is 1. The van der Waals surface area contributed by atoms with Crippen LogP contribution >= 0.6 is 0 Å². The van der Waals surface area contributed by atoms with E-state index in [1.54, 1.807) is 11.6 Å². The summed E-state index contributed by atoms with van der Waals surface area (Å²) in [6, 6.07) is 8.93. The summed E-state index contributed by atoms with van der Waals surface area (Å²) in [6.07, 6.45) is 0.856. The third kappa shape index (κ3) is 2.52. The molecule has 1 aromatic carbocycles. The average molecular weight is 258 g/mol. The molecule has 1 unspecified atom stereocenters. The van der Waals surface area contributed by atoms with Crippen LogP contribution in [0.2, 0.25) is 0 Å². The Morgan fingerprint density at radius 1 is 1.37 bits per heavy atom. The number of aromatic nitrogens is 1. The molecule has 0 fully saturated rings. The van der Waals surface area contributed by atoms with Gasteiger partial charge < -0.3 is 9.88 Å². The van der Waals surface area contributed by atoms with Gasteiger partial charge in [0.25, 0.3) is 11.5 Å². The molecule has 1 N–H and O–H groups in total. The number of pyridine rings is 1. The minimum Gasteiger partial charge on any atom is -0.350 e. The van der Waals surface area contributed by atoms with E-state index in [2.05, 4.69) is 5.32 Å². The van der Waals surface area contributed by atoms with E-state index in [1.807, 2.05) is 38.1 Å². The number of aryl methyl sites for hydroxylation is 1. The number of rotatable bonds is 3. The van der Waals surface area contributed by atoms with Crippen molar-refractivity contribution in [3.05, 3.63) is 46.2 Å². The SMILES string of the molecule is CCC(C)NC(=O)c1cc(=O)n(C)c2ccccc12. The zero-order valence-electron chi connectivity index (χ0n) is 11.4. The van der Waals surface area contributed by atoms with Gasteiger partial charge in [0.2, 0.25) is 0 Å². The largest absolute Gasteiger partial charge is 0.350 e. The van der Waals surface area contributed by atoms with Crippen molar-refractivity contribution in [3.63, 3.8) is 0 Å². The summed E-state index contributed by atoms with van der Waals surface area (Å²) < 4.78 is 1.55. The highest BCUT2D eigenvalue weighted by Crippen LogP contribution is 2.16. The van der Waals surface area contributed by atoms with Crippen LogP contribution < -0.4 is 10.9 Å². The van der Waals surface area contributed by atoms with Crippen molar-refractivity contribution in [2.45, 2.75) is 26.3 Å². The third-order valence-electron chi connectivity index (χ3n) is 3.39. The molecular weight excluding hydrogens is 240 g/mol. The van der Waals surface area contributed by atoms with Crippen LogP contribution in [0.25, 0.3) is 10.9 Å². The van der Waals surface area contributed by atoms with Crippen LogP contribution in [0.5, 0.6) is 0 Å². The van der Waals surface area contributed by atoms with Crippen LogP contribution in [0.15, 0.2) is 35.1 Å². The van der Waals surface area contributed by atoms with Crippen molar-refractivity contribution in [1.29, 1.82) is 0 Å². The number of nitrogens with one attached hydrogen (secondary N) is 1. The summed E-state index contributed by atoms with van der Waals surface area (Å²) >= 11 is 0. The van der Waals surface area contributed by atoms with Gasteiger partial charge in [0.15, 0.2) is 0 Å². The molecule has 1 heterocycles. The first kappa shape index (κ1) is 13.3. The first-order valence-electron chi connectivity index (χ1n) is 6.44. The zero-order valence-corrected chi connectivity index (χ0v) is 11.4. The molecule has 1 atom stereocenters. The second-order valence-corrected chi connectivity index (χ2v) is 4.76. The number of benzene rings is 1. The molecule has 4 nitrogen and oxygen atoms in total. The van der Waals surface area contributed by atoms with Gasteiger partial charge in [0, 0.05) is 24.5 Å². The van der Waals surface area contributed by atoms with E-state index in [0.29, 0.717) is 5.56 Å². The molecule has 4 heteroatoms. The molecule has 1 amide bonds. The minimum atomic E-state index is -0.191. The van der Waals surface area contributed by atoms with Crippen LogP contribution in [0.1, 0.15) is 30.6 Å². The predicted molar refractivity (Wildman–Crippen MR) is 76.4 cm³/mol. The van der Waals surface area contributed by atoms with Gasteiger partial charge in [-0.05, 0) is 19.4 Å². The third-order valence-corrected chi connectivity index (χ3v) is 3.39. The van der Waals surface area contributed by atoms with Crippen molar-refractivity contribution in [3.8, 4) is 0 Å². The highest BCUT2D eigenvalue weighted by molar-refractivity contribution is 6.06. The molecule has 0 aliphatic carbocycles. The maximum Gasteiger partial charge on any atom is 0.252 e. The maximum atomic E-state index is 12.2. The smallest absolute Gasteiger partial charge is 0.252 e. The molecule has 0 bridgehead atoms. The number of hydrogen-bond acceptors (Lipinski definition) is 2. The number of carbonyl (C=O) groups is 1. The Morgan fingerprint density at radius 2 is 2.05 bits per heavy atom. The van der Waals surface area contributed by atoms with Crippen molar-refractivity contribution in [1.82, 2.24) is 9.88 Å². The summed E-state index contributed by atoms with van der Waals surface area (Å²) in [5.74, 6) is -0.191. The van der Waals surface area contributed by atoms with E-state index in [9.17, 15) is 9.59 Å². The van der Waals surface area contributed by atoms with E-state index in [-0.39, 0.29) is 17.5 Å².